The van der Waals surface area contributed by atoms with E-state index in [1.165, 1.54) is 16.4 Å². The van der Waals surface area contributed by atoms with Crippen molar-refractivity contribution in [3.63, 3.8) is 0 Å². The fraction of sp³-hybridized carbons (Fsp3) is 0.579. The number of carbonyl (C=O) groups excluding carboxylic acids is 1. The lowest BCUT2D eigenvalue weighted by molar-refractivity contribution is -0.120. The van der Waals surface area contributed by atoms with Crippen molar-refractivity contribution in [2.45, 2.75) is 48.3 Å². The van der Waals surface area contributed by atoms with Crippen LogP contribution >= 0.6 is 11.8 Å². The van der Waals surface area contributed by atoms with Gasteiger partial charge in [0.2, 0.25) is 15.9 Å². The summed E-state index contributed by atoms with van der Waals surface area (Å²) in [6.07, 6.45) is 3.15. The lowest BCUT2D eigenvalue weighted by Gasteiger charge is -2.25. The third kappa shape index (κ3) is 5.07. The van der Waals surface area contributed by atoms with Crippen LogP contribution < -0.4 is 5.32 Å². The first-order chi connectivity index (χ1) is 14.6. The monoisotopic (exact) mass is 487 g/mol. The minimum Gasteiger partial charge on any atom is -0.431 e. The average molecular weight is 488 g/mol. The molecule has 1 atom stereocenters. The van der Waals surface area contributed by atoms with Crippen molar-refractivity contribution in [1.82, 2.24) is 14.6 Å². The molecular weight excluding hydrogens is 462 g/mol. The highest BCUT2D eigenvalue weighted by atomic mass is 32.2. The van der Waals surface area contributed by atoms with Gasteiger partial charge in [0.05, 0.1) is 27.7 Å². The number of sulfonamides is 1. The van der Waals surface area contributed by atoms with Gasteiger partial charge in [-0.1, -0.05) is 18.2 Å². The van der Waals surface area contributed by atoms with E-state index >= 15 is 0 Å². The smallest absolute Gasteiger partial charge is 0.257 e. The predicted octanol–water partition coefficient (Wildman–Crippen LogP) is 1.79. The summed E-state index contributed by atoms with van der Waals surface area (Å²) in [5.41, 5.74) is 0.0966. The van der Waals surface area contributed by atoms with Gasteiger partial charge in [-0.05, 0) is 44.4 Å². The number of nitrogens with zero attached hydrogens (tertiary/aromatic N) is 2. The number of oxazole rings is 1. The second-order valence-electron chi connectivity index (χ2n) is 8.31. The van der Waals surface area contributed by atoms with E-state index in [4.69, 9.17) is 4.42 Å². The zero-order valence-corrected chi connectivity index (χ0v) is 19.6. The largest absolute Gasteiger partial charge is 0.431 e. The molecule has 3 heterocycles. The Morgan fingerprint density at radius 3 is 2.71 bits per heavy atom. The summed E-state index contributed by atoms with van der Waals surface area (Å²) in [5, 5.41) is 3.04. The van der Waals surface area contributed by atoms with Crippen LogP contribution in [0.4, 0.5) is 0 Å². The molecule has 1 amide bonds. The fourth-order valence-electron chi connectivity index (χ4n) is 3.97. The van der Waals surface area contributed by atoms with Gasteiger partial charge in [-0.3, -0.25) is 4.79 Å². The van der Waals surface area contributed by atoms with Gasteiger partial charge in [0, 0.05) is 13.1 Å². The van der Waals surface area contributed by atoms with Gasteiger partial charge >= 0.3 is 0 Å². The topological polar surface area (TPSA) is 127 Å². The van der Waals surface area contributed by atoms with Crippen LogP contribution in [0, 0.1) is 0 Å². The van der Waals surface area contributed by atoms with E-state index in [1.807, 2.05) is 0 Å². The van der Waals surface area contributed by atoms with Gasteiger partial charge in [0.15, 0.2) is 15.4 Å². The Balaban J connectivity index is 1.42. The number of hydrogen-bond acceptors (Lipinski definition) is 8. The number of benzene rings is 1. The lowest BCUT2D eigenvalue weighted by atomic mass is 10.0. The van der Waals surface area contributed by atoms with Crippen LogP contribution in [-0.2, 0) is 24.7 Å². The number of aromatic nitrogens is 1. The second kappa shape index (κ2) is 8.38. The summed E-state index contributed by atoms with van der Waals surface area (Å²) >= 11 is 1.08. The van der Waals surface area contributed by atoms with Gasteiger partial charge < -0.3 is 9.73 Å². The van der Waals surface area contributed by atoms with Crippen molar-refractivity contribution in [2.75, 3.05) is 30.3 Å². The Labute approximate surface area is 185 Å². The van der Waals surface area contributed by atoms with Crippen LogP contribution in [0.2, 0.25) is 0 Å². The Bertz CT molecular complexity index is 1200. The molecule has 0 unspecified atom stereocenters. The third-order valence-electron chi connectivity index (χ3n) is 5.56. The minimum absolute atomic E-state index is 0.0153. The molecule has 0 radical (unpaired) electrons. The molecule has 2 fully saturated rings. The van der Waals surface area contributed by atoms with Crippen LogP contribution in [0.1, 0.15) is 32.6 Å². The van der Waals surface area contributed by atoms with Crippen molar-refractivity contribution in [2.24, 2.45) is 0 Å². The number of rotatable bonds is 6. The Morgan fingerprint density at radius 2 is 2.03 bits per heavy atom. The van der Waals surface area contributed by atoms with E-state index in [1.54, 1.807) is 13.0 Å². The summed E-state index contributed by atoms with van der Waals surface area (Å²) in [6, 6.07) is 4.59. The predicted molar refractivity (Wildman–Crippen MR) is 117 cm³/mol. The van der Waals surface area contributed by atoms with Crippen LogP contribution in [0.15, 0.2) is 32.7 Å². The molecule has 1 aromatic carbocycles. The van der Waals surface area contributed by atoms with Gasteiger partial charge in [0.25, 0.3) is 5.22 Å². The quantitative estimate of drug-likeness (QED) is 0.611. The highest BCUT2D eigenvalue weighted by Crippen LogP contribution is 2.28. The van der Waals surface area contributed by atoms with Crippen molar-refractivity contribution in [3.8, 4) is 0 Å². The fourth-order valence-corrected chi connectivity index (χ4v) is 8.24. The highest BCUT2D eigenvalue weighted by molar-refractivity contribution is 7.99. The summed E-state index contributed by atoms with van der Waals surface area (Å²) in [5.74, 6) is -0.278. The van der Waals surface area contributed by atoms with Gasteiger partial charge in [-0.2, -0.15) is 4.31 Å². The van der Waals surface area contributed by atoms with Gasteiger partial charge in [-0.25, -0.2) is 21.8 Å². The normalized spacial score (nSPS) is 24.4. The van der Waals surface area contributed by atoms with Crippen molar-refractivity contribution in [1.29, 1.82) is 0 Å². The van der Waals surface area contributed by atoms with E-state index in [0.717, 1.165) is 31.0 Å². The molecule has 1 N–H and O–H groups in total. The van der Waals surface area contributed by atoms with E-state index in [-0.39, 0.29) is 33.3 Å². The number of sulfone groups is 1. The molecule has 0 bridgehead atoms. The Morgan fingerprint density at radius 1 is 1.29 bits per heavy atom. The average Bonchev–Trinajstić information content (AvgIpc) is 3.25. The molecule has 0 aliphatic carbocycles. The number of amides is 1. The lowest BCUT2D eigenvalue weighted by Crippen LogP contribution is -2.47. The first-order valence-electron chi connectivity index (χ1n) is 10.1. The molecule has 0 spiro atoms. The molecule has 12 heteroatoms. The van der Waals surface area contributed by atoms with Crippen molar-refractivity contribution >= 4 is 48.6 Å². The van der Waals surface area contributed by atoms with E-state index in [0.29, 0.717) is 30.6 Å². The summed E-state index contributed by atoms with van der Waals surface area (Å²) in [6.45, 7) is 2.77. The van der Waals surface area contributed by atoms with Crippen molar-refractivity contribution < 1.29 is 26.0 Å². The molecule has 170 valence electrons. The zero-order chi connectivity index (χ0) is 22.3. The zero-order valence-electron chi connectivity index (χ0n) is 17.2. The summed E-state index contributed by atoms with van der Waals surface area (Å²) < 4.78 is 56.2. The number of carbonyl (C=O) groups is 1. The third-order valence-corrected chi connectivity index (χ3v) is 10.2. The van der Waals surface area contributed by atoms with Crippen LogP contribution in [-0.4, -0.2) is 67.9 Å². The van der Waals surface area contributed by atoms with E-state index in [9.17, 15) is 21.6 Å². The number of fused-ring (bicyclic) bond motifs is 1. The van der Waals surface area contributed by atoms with E-state index in [2.05, 4.69) is 10.3 Å². The second-order valence-corrected chi connectivity index (χ2v) is 13.4. The molecule has 2 aromatic rings. The number of hydrogen-bond donors (Lipinski definition) is 1. The van der Waals surface area contributed by atoms with Gasteiger partial charge in [0.1, 0.15) is 5.52 Å². The van der Waals surface area contributed by atoms with Crippen LogP contribution in [0.5, 0.6) is 0 Å². The summed E-state index contributed by atoms with van der Waals surface area (Å²) in [4.78, 5) is 16.8. The molecule has 1 aromatic heterocycles. The maximum absolute atomic E-state index is 12.9. The number of piperidine rings is 1. The molecule has 4 rings (SSSR count). The molecule has 2 saturated heterocycles. The SMILES string of the molecule is C[C@]1(NC(=O)CSc2nc3cc(S(=O)(=O)N4CCCCC4)ccc3o2)CCS(=O)(=O)C1. The first kappa shape index (κ1) is 22.6. The molecular formula is C19H25N3O6S3. The number of thioether (sulfide) groups is 1. The highest BCUT2D eigenvalue weighted by Gasteiger charge is 2.39. The van der Waals surface area contributed by atoms with Crippen LogP contribution in [0.25, 0.3) is 11.1 Å². The summed E-state index contributed by atoms with van der Waals surface area (Å²) in [7, 11) is -6.68. The van der Waals surface area contributed by atoms with Gasteiger partial charge in [-0.15, -0.1) is 0 Å². The Kier molecular flexibility index (Phi) is 6.10. The first-order valence-corrected chi connectivity index (χ1v) is 14.4. The maximum atomic E-state index is 12.9. The standard InChI is InChI=1S/C19H25N3O6S3/c1-19(7-10-30(24,25)13-19)21-17(23)12-29-18-20-15-11-14(5-6-16(15)28-18)31(26,27)22-8-3-2-4-9-22/h5-6,11H,2-4,7-10,12-13H2,1H3,(H,21,23)/t19-/m0/s1. The molecule has 0 saturated carbocycles. The maximum Gasteiger partial charge on any atom is 0.257 e. The molecule has 2 aliphatic rings. The molecule has 2 aliphatic heterocycles. The van der Waals surface area contributed by atoms with Crippen LogP contribution in [0.3, 0.4) is 0 Å². The molecule has 31 heavy (non-hydrogen) atoms. The number of nitrogens with one attached hydrogen (secondary N) is 1. The van der Waals surface area contributed by atoms with Crippen molar-refractivity contribution in [3.05, 3.63) is 18.2 Å². The minimum atomic E-state index is -3.57. The molecule has 9 nitrogen and oxygen atoms in total. The van der Waals surface area contributed by atoms with E-state index < -0.39 is 25.4 Å². The Hall–Kier alpha value is -1.63.